The number of esters is 1. The van der Waals surface area contributed by atoms with Gasteiger partial charge < -0.3 is 9.64 Å². The van der Waals surface area contributed by atoms with E-state index in [4.69, 9.17) is 4.74 Å². The van der Waals surface area contributed by atoms with Crippen molar-refractivity contribution in [3.8, 4) is 0 Å². The number of carbonyl (C=O) groups excluding carboxylic acids is 3. The van der Waals surface area contributed by atoms with Crippen LogP contribution in [0.3, 0.4) is 0 Å². The molecule has 3 rings (SSSR count). The molecule has 22 heavy (non-hydrogen) atoms. The van der Waals surface area contributed by atoms with E-state index in [1.54, 1.807) is 36.1 Å². The minimum absolute atomic E-state index is 0.141. The maximum absolute atomic E-state index is 12.8. The fourth-order valence-electron chi connectivity index (χ4n) is 3.11. The van der Waals surface area contributed by atoms with Crippen molar-refractivity contribution in [2.24, 2.45) is 0 Å². The van der Waals surface area contributed by atoms with E-state index in [0.717, 1.165) is 6.42 Å². The van der Waals surface area contributed by atoms with Crippen LogP contribution in [-0.2, 0) is 14.3 Å². The molecule has 1 aromatic carbocycles. The van der Waals surface area contributed by atoms with Crippen LogP contribution in [0.1, 0.15) is 30.1 Å². The maximum atomic E-state index is 12.8. The van der Waals surface area contributed by atoms with E-state index in [2.05, 4.69) is 0 Å². The highest BCUT2D eigenvalue weighted by molar-refractivity contribution is 6.12. The van der Waals surface area contributed by atoms with Gasteiger partial charge in [0, 0.05) is 6.54 Å². The number of ether oxygens (including phenoxy) is 1. The number of nitrogens with zero attached hydrogens (tertiary/aromatic N) is 2. The molecule has 6 heteroatoms. The van der Waals surface area contributed by atoms with E-state index in [9.17, 15) is 14.4 Å². The maximum Gasteiger partial charge on any atom is 0.326 e. The smallest absolute Gasteiger partial charge is 0.326 e. The Morgan fingerprint density at radius 1 is 1.32 bits per heavy atom. The van der Waals surface area contributed by atoms with E-state index in [0.29, 0.717) is 24.2 Å². The Morgan fingerprint density at radius 3 is 2.86 bits per heavy atom. The first-order chi connectivity index (χ1) is 10.6. The Hall–Kier alpha value is -2.37. The molecule has 2 aliphatic rings. The van der Waals surface area contributed by atoms with Gasteiger partial charge in [0.25, 0.3) is 5.91 Å². The third-order valence-electron chi connectivity index (χ3n) is 4.08. The van der Waals surface area contributed by atoms with Crippen LogP contribution in [0, 0.1) is 0 Å². The van der Waals surface area contributed by atoms with E-state index in [-0.39, 0.29) is 25.0 Å². The van der Waals surface area contributed by atoms with Gasteiger partial charge in [0.1, 0.15) is 12.6 Å². The van der Waals surface area contributed by atoms with E-state index < -0.39 is 12.0 Å². The van der Waals surface area contributed by atoms with Crippen molar-refractivity contribution in [2.75, 3.05) is 24.6 Å². The normalized spacial score (nSPS) is 20.5. The number of anilines is 1. The van der Waals surface area contributed by atoms with E-state index >= 15 is 0 Å². The molecule has 2 aliphatic heterocycles. The summed E-state index contributed by atoms with van der Waals surface area (Å²) < 4.78 is 4.96. The van der Waals surface area contributed by atoms with Gasteiger partial charge in [-0.25, -0.2) is 0 Å². The predicted molar refractivity (Wildman–Crippen MR) is 79.5 cm³/mol. The SMILES string of the molecule is CCOC(=O)CN1C(=O)C2CCCN2C(=O)c2ccccc21. The van der Waals surface area contributed by atoms with Gasteiger partial charge in [0.05, 0.1) is 17.9 Å². The average molecular weight is 302 g/mol. The number of fused-ring (bicyclic) bond motifs is 2. The summed E-state index contributed by atoms with van der Waals surface area (Å²) in [6, 6.07) is 6.44. The number of hydrogen-bond acceptors (Lipinski definition) is 4. The van der Waals surface area contributed by atoms with Crippen molar-refractivity contribution in [1.29, 1.82) is 0 Å². The second-order valence-corrected chi connectivity index (χ2v) is 5.40. The molecule has 1 fully saturated rings. The van der Waals surface area contributed by atoms with Crippen LogP contribution >= 0.6 is 0 Å². The molecule has 0 N–H and O–H groups in total. The van der Waals surface area contributed by atoms with Crippen molar-refractivity contribution in [3.63, 3.8) is 0 Å². The second-order valence-electron chi connectivity index (χ2n) is 5.40. The highest BCUT2D eigenvalue weighted by atomic mass is 16.5. The first-order valence-electron chi connectivity index (χ1n) is 7.50. The molecular formula is C16H18N2O4. The Balaban J connectivity index is 2.02. The van der Waals surface area contributed by atoms with E-state index in [1.807, 2.05) is 0 Å². The van der Waals surface area contributed by atoms with Crippen LogP contribution in [0.4, 0.5) is 5.69 Å². The zero-order valence-corrected chi connectivity index (χ0v) is 12.4. The molecule has 2 amide bonds. The molecule has 0 bridgehead atoms. The van der Waals surface area contributed by atoms with Gasteiger partial charge in [-0.1, -0.05) is 12.1 Å². The van der Waals surface area contributed by atoms with Gasteiger partial charge in [0.15, 0.2) is 0 Å². The van der Waals surface area contributed by atoms with Crippen molar-refractivity contribution >= 4 is 23.5 Å². The molecule has 1 saturated heterocycles. The van der Waals surface area contributed by atoms with Gasteiger partial charge in [-0.05, 0) is 31.9 Å². The average Bonchev–Trinajstić information content (AvgIpc) is 2.98. The fourth-order valence-corrected chi connectivity index (χ4v) is 3.11. The third kappa shape index (κ3) is 2.34. The van der Waals surface area contributed by atoms with Gasteiger partial charge in [-0.15, -0.1) is 0 Å². The summed E-state index contributed by atoms with van der Waals surface area (Å²) >= 11 is 0. The van der Waals surface area contributed by atoms with Crippen LogP contribution in [0.5, 0.6) is 0 Å². The van der Waals surface area contributed by atoms with Crippen LogP contribution in [0.15, 0.2) is 24.3 Å². The highest BCUT2D eigenvalue weighted by Crippen LogP contribution is 2.32. The Kier molecular flexibility index (Phi) is 3.83. The summed E-state index contributed by atoms with van der Waals surface area (Å²) in [7, 11) is 0. The lowest BCUT2D eigenvalue weighted by molar-refractivity contribution is -0.142. The van der Waals surface area contributed by atoms with Crippen molar-refractivity contribution in [1.82, 2.24) is 4.90 Å². The number of para-hydroxylation sites is 1. The van der Waals surface area contributed by atoms with Crippen molar-refractivity contribution < 1.29 is 19.1 Å². The van der Waals surface area contributed by atoms with Crippen molar-refractivity contribution in [2.45, 2.75) is 25.8 Å². The third-order valence-corrected chi connectivity index (χ3v) is 4.08. The van der Waals surface area contributed by atoms with Crippen LogP contribution < -0.4 is 4.90 Å². The summed E-state index contributed by atoms with van der Waals surface area (Å²) in [5, 5.41) is 0. The van der Waals surface area contributed by atoms with E-state index in [1.165, 1.54) is 4.90 Å². The first-order valence-corrected chi connectivity index (χ1v) is 7.50. The minimum Gasteiger partial charge on any atom is -0.465 e. The Morgan fingerprint density at radius 2 is 2.09 bits per heavy atom. The van der Waals surface area contributed by atoms with Gasteiger partial charge in [-0.3, -0.25) is 19.3 Å². The monoisotopic (exact) mass is 302 g/mol. The highest BCUT2D eigenvalue weighted by Gasteiger charge is 2.42. The summed E-state index contributed by atoms with van der Waals surface area (Å²) in [6.45, 7) is 2.40. The minimum atomic E-state index is -0.477. The zero-order valence-electron chi connectivity index (χ0n) is 12.4. The molecule has 2 heterocycles. The van der Waals surface area contributed by atoms with Crippen LogP contribution in [-0.4, -0.2) is 48.4 Å². The molecular weight excluding hydrogens is 284 g/mol. The second kappa shape index (κ2) is 5.79. The molecule has 116 valence electrons. The topological polar surface area (TPSA) is 66.9 Å². The lowest BCUT2D eigenvalue weighted by Crippen LogP contribution is -2.46. The molecule has 0 saturated carbocycles. The number of amides is 2. The Bertz CT molecular complexity index is 628. The van der Waals surface area contributed by atoms with Crippen LogP contribution in [0.25, 0.3) is 0 Å². The standard InChI is InChI=1S/C16H18N2O4/c1-2-22-14(19)10-18-12-7-4-3-6-11(12)15(20)17-9-5-8-13(17)16(18)21/h3-4,6-7,13H,2,5,8-10H2,1H3. The van der Waals surface area contributed by atoms with Crippen molar-refractivity contribution in [3.05, 3.63) is 29.8 Å². The number of hydrogen-bond donors (Lipinski definition) is 0. The van der Waals surface area contributed by atoms with Gasteiger partial charge in [0.2, 0.25) is 5.91 Å². The molecule has 0 aromatic heterocycles. The molecule has 0 aliphatic carbocycles. The molecule has 0 spiro atoms. The predicted octanol–water partition coefficient (Wildman–Crippen LogP) is 1.20. The number of carbonyl (C=O) groups is 3. The lowest BCUT2D eigenvalue weighted by Gasteiger charge is -2.25. The fraction of sp³-hybridized carbons (Fsp3) is 0.438. The molecule has 6 nitrogen and oxygen atoms in total. The molecule has 1 unspecified atom stereocenters. The molecule has 0 radical (unpaired) electrons. The summed E-state index contributed by atoms with van der Waals surface area (Å²) in [5.41, 5.74) is 0.949. The molecule has 1 aromatic rings. The number of benzene rings is 1. The lowest BCUT2D eigenvalue weighted by atomic mass is 10.1. The first kappa shape index (κ1) is 14.6. The summed E-state index contributed by atoms with van der Waals surface area (Å²) in [5.74, 6) is -0.814. The number of rotatable bonds is 3. The van der Waals surface area contributed by atoms with Gasteiger partial charge >= 0.3 is 5.97 Å². The molecule has 1 atom stereocenters. The summed E-state index contributed by atoms with van der Waals surface area (Å²) in [4.78, 5) is 40.3. The summed E-state index contributed by atoms with van der Waals surface area (Å²) in [6.07, 6.45) is 1.44. The zero-order chi connectivity index (χ0) is 15.7. The van der Waals surface area contributed by atoms with Gasteiger partial charge in [-0.2, -0.15) is 0 Å². The quantitative estimate of drug-likeness (QED) is 0.787. The largest absolute Gasteiger partial charge is 0.465 e. The Labute approximate surface area is 128 Å². The van der Waals surface area contributed by atoms with Crippen LogP contribution in [0.2, 0.25) is 0 Å².